The van der Waals surface area contributed by atoms with E-state index in [-0.39, 0.29) is 12.4 Å². The van der Waals surface area contributed by atoms with E-state index in [0.29, 0.717) is 17.1 Å². The fourth-order valence-electron chi connectivity index (χ4n) is 2.60. The second-order valence-corrected chi connectivity index (χ2v) is 5.74. The van der Waals surface area contributed by atoms with Crippen LogP contribution in [0.4, 0.5) is 11.8 Å². The molecule has 6 heteroatoms. The second-order valence-electron chi connectivity index (χ2n) is 5.74. The minimum atomic E-state index is -0.486. The van der Waals surface area contributed by atoms with Crippen LogP contribution in [0.5, 0.6) is 0 Å². The SMILES string of the molecule is CNc1cc(-c2cccc(CC(=O)C(=O)c3ccccc3)c2)nc(N)n1. The van der Waals surface area contributed by atoms with Crippen molar-refractivity contribution in [2.75, 3.05) is 18.1 Å². The molecule has 0 saturated carbocycles. The normalized spacial score (nSPS) is 10.3. The second kappa shape index (κ2) is 7.57. The van der Waals surface area contributed by atoms with E-state index in [1.54, 1.807) is 43.4 Å². The van der Waals surface area contributed by atoms with Gasteiger partial charge in [-0.3, -0.25) is 9.59 Å². The Morgan fingerprint density at radius 3 is 2.50 bits per heavy atom. The molecule has 0 amide bonds. The smallest absolute Gasteiger partial charge is 0.228 e. The number of carbonyl (C=O) groups excluding carboxylic acids is 2. The number of Topliss-reactive ketones (excluding diaryl/α,β-unsaturated/α-hetero) is 2. The van der Waals surface area contributed by atoms with Crippen molar-refractivity contribution in [1.29, 1.82) is 0 Å². The molecule has 3 N–H and O–H groups in total. The van der Waals surface area contributed by atoms with E-state index in [4.69, 9.17) is 5.73 Å². The van der Waals surface area contributed by atoms with Crippen LogP contribution in [0.25, 0.3) is 11.3 Å². The maximum Gasteiger partial charge on any atom is 0.228 e. The third kappa shape index (κ3) is 3.92. The van der Waals surface area contributed by atoms with Gasteiger partial charge in [0.15, 0.2) is 0 Å². The first-order valence-corrected chi connectivity index (χ1v) is 8.11. The van der Waals surface area contributed by atoms with Crippen molar-refractivity contribution in [3.05, 3.63) is 71.8 Å². The summed E-state index contributed by atoms with van der Waals surface area (Å²) in [4.78, 5) is 32.8. The summed E-state index contributed by atoms with van der Waals surface area (Å²) < 4.78 is 0. The largest absolute Gasteiger partial charge is 0.373 e. The molecule has 0 unspecified atom stereocenters. The van der Waals surface area contributed by atoms with Crippen molar-refractivity contribution >= 4 is 23.3 Å². The van der Waals surface area contributed by atoms with Gasteiger partial charge in [-0.2, -0.15) is 4.98 Å². The monoisotopic (exact) mass is 346 g/mol. The van der Waals surface area contributed by atoms with Crippen LogP contribution in [0.3, 0.4) is 0 Å². The van der Waals surface area contributed by atoms with Gasteiger partial charge in [-0.25, -0.2) is 4.98 Å². The number of carbonyl (C=O) groups is 2. The van der Waals surface area contributed by atoms with E-state index >= 15 is 0 Å². The molecular formula is C20H18N4O2. The van der Waals surface area contributed by atoms with Gasteiger partial charge in [0.2, 0.25) is 17.5 Å². The Morgan fingerprint density at radius 2 is 1.77 bits per heavy atom. The third-order valence-corrected chi connectivity index (χ3v) is 3.88. The van der Waals surface area contributed by atoms with Gasteiger partial charge in [-0.15, -0.1) is 0 Å². The first-order chi connectivity index (χ1) is 12.6. The van der Waals surface area contributed by atoms with Gasteiger partial charge in [0.1, 0.15) is 5.82 Å². The number of hydrogen-bond acceptors (Lipinski definition) is 6. The number of nitrogen functional groups attached to an aromatic ring is 1. The molecule has 0 saturated heterocycles. The highest BCUT2D eigenvalue weighted by Crippen LogP contribution is 2.22. The van der Waals surface area contributed by atoms with Crippen LogP contribution in [0.15, 0.2) is 60.7 Å². The van der Waals surface area contributed by atoms with E-state index < -0.39 is 11.6 Å². The lowest BCUT2D eigenvalue weighted by Crippen LogP contribution is -2.16. The van der Waals surface area contributed by atoms with Crippen LogP contribution >= 0.6 is 0 Å². The van der Waals surface area contributed by atoms with E-state index in [9.17, 15) is 9.59 Å². The van der Waals surface area contributed by atoms with Gasteiger partial charge in [-0.1, -0.05) is 48.5 Å². The number of nitrogens with zero attached hydrogens (tertiary/aromatic N) is 2. The highest BCUT2D eigenvalue weighted by Gasteiger charge is 2.16. The van der Waals surface area contributed by atoms with Crippen molar-refractivity contribution in [2.45, 2.75) is 6.42 Å². The van der Waals surface area contributed by atoms with E-state index in [0.717, 1.165) is 11.1 Å². The zero-order valence-electron chi connectivity index (χ0n) is 14.3. The van der Waals surface area contributed by atoms with Crippen LogP contribution in [-0.4, -0.2) is 28.6 Å². The molecule has 0 spiro atoms. The molecule has 2 aromatic carbocycles. The quantitative estimate of drug-likeness (QED) is 0.526. The molecule has 0 aliphatic rings. The Balaban J connectivity index is 1.83. The summed E-state index contributed by atoms with van der Waals surface area (Å²) in [5.41, 5.74) is 8.31. The Hall–Kier alpha value is -3.54. The minimum Gasteiger partial charge on any atom is -0.373 e. The van der Waals surface area contributed by atoms with Crippen LogP contribution in [0.1, 0.15) is 15.9 Å². The molecule has 3 aromatic rings. The molecule has 0 atom stereocenters. The zero-order chi connectivity index (χ0) is 18.5. The fraction of sp³-hybridized carbons (Fsp3) is 0.100. The standard InChI is InChI=1S/C20H18N4O2/c1-22-18-12-16(23-20(21)24-18)15-9-5-6-13(10-15)11-17(25)19(26)14-7-3-2-4-8-14/h2-10,12H,11H2,1H3,(H3,21,22,23,24). The van der Waals surface area contributed by atoms with Crippen LogP contribution in [0.2, 0.25) is 0 Å². The molecule has 1 aromatic heterocycles. The predicted molar refractivity (Wildman–Crippen MR) is 101 cm³/mol. The summed E-state index contributed by atoms with van der Waals surface area (Å²) in [6.45, 7) is 0. The first-order valence-electron chi connectivity index (χ1n) is 8.11. The van der Waals surface area contributed by atoms with Gasteiger partial charge in [0, 0.05) is 30.7 Å². The van der Waals surface area contributed by atoms with Crippen molar-refractivity contribution < 1.29 is 9.59 Å². The first kappa shape index (κ1) is 17.3. The third-order valence-electron chi connectivity index (χ3n) is 3.88. The molecule has 3 rings (SSSR count). The van der Waals surface area contributed by atoms with Crippen LogP contribution in [0, 0.1) is 0 Å². The van der Waals surface area contributed by atoms with Crippen molar-refractivity contribution in [3.8, 4) is 11.3 Å². The Morgan fingerprint density at radius 1 is 1.00 bits per heavy atom. The fourth-order valence-corrected chi connectivity index (χ4v) is 2.60. The lowest BCUT2D eigenvalue weighted by Gasteiger charge is -2.07. The average molecular weight is 346 g/mol. The summed E-state index contributed by atoms with van der Waals surface area (Å²) >= 11 is 0. The maximum atomic E-state index is 12.3. The van der Waals surface area contributed by atoms with Crippen LogP contribution in [-0.2, 0) is 11.2 Å². The highest BCUT2D eigenvalue weighted by atomic mass is 16.2. The number of nitrogens with one attached hydrogen (secondary N) is 1. The van der Waals surface area contributed by atoms with Gasteiger partial charge in [-0.05, 0) is 11.6 Å². The summed E-state index contributed by atoms with van der Waals surface area (Å²) in [5.74, 6) is -0.174. The molecule has 0 fully saturated rings. The van der Waals surface area contributed by atoms with Crippen molar-refractivity contribution in [3.63, 3.8) is 0 Å². The Labute approximate surface area is 151 Å². The zero-order valence-corrected chi connectivity index (χ0v) is 14.3. The molecule has 26 heavy (non-hydrogen) atoms. The minimum absolute atomic E-state index is 0.0288. The van der Waals surface area contributed by atoms with Gasteiger partial charge in [0.05, 0.1) is 5.69 Å². The number of rotatable bonds is 6. The Kier molecular flexibility index (Phi) is 5.03. The number of aromatic nitrogens is 2. The van der Waals surface area contributed by atoms with E-state index in [1.807, 2.05) is 24.3 Å². The highest BCUT2D eigenvalue weighted by molar-refractivity contribution is 6.44. The lowest BCUT2D eigenvalue weighted by atomic mass is 9.99. The summed E-state index contributed by atoms with van der Waals surface area (Å²) in [6.07, 6.45) is 0.0288. The molecule has 6 nitrogen and oxygen atoms in total. The van der Waals surface area contributed by atoms with Gasteiger partial charge >= 0.3 is 0 Å². The molecule has 1 heterocycles. The van der Waals surface area contributed by atoms with Crippen molar-refractivity contribution in [2.24, 2.45) is 0 Å². The molecular weight excluding hydrogens is 328 g/mol. The number of benzene rings is 2. The summed E-state index contributed by atoms with van der Waals surface area (Å²) in [6, 6.07) is 17.7. The number of hydrogen-bond donors (Lipinski definition) is 2. The topological polar surface area (TPSA) is 98.0 Å². The molecule has 0 aliphatic carbocycles. The van der Waals surface area contributed by atoms with Gasteiger partial charge < -0.3 is 11.1 Å². The number of ketones is 2. The van der Waals surface area contributed by atoms with Crippen LogP contribution < -0.4 is 11.1 Å². The molecule has 130 valence electrons. The summed E-state index contributed by atoms with van der Waals surface area (Å²) in [5, 5.41) is 2.93. The average Bonchev–Trinajstić information content (AvgIpc) is 2.67. The Bertz CT molecular complexity index is 955. The number of nitrogens with two attached hydrogens (primary N) is 1. The van der Waals surface area contributed by atoms with E-state index in [1.165, 1.54) is 0 Å². The predicted octanol–water partition coefficient (Wildman–Crippen LogP) is 2.76. The lowest BCUT2D eigenvalue weighted by molar-refractivity contribution is -0.114. The molecule has 0 bridgehead atoms. The summed E-state index contributed by atoms with van der Waals surface area (Å²) in [7, 11) is 1.75. The molecule has 0 aliphatic heterocycles. The van der Waals surface area contributed by atoms with Gasteiger partial charge in [0.25, 0.3) is 0 Å². The number of anilines is 2. The molecule has 0 radical (unpaired) electrons. The van der Waals surface area contributed by atoms with E-state index in [2.05, 4.69) is 15.3 Å². The van der Waals surface area contributed by atoms with Crippen molar-refractivity contribution in [1.82, 2.24) is 9.97 Å². The maximum absolute atomic E-state index is 12.3.